The van der Waals surface area contributed by atoms with Gasteiger partial charge in [0.15, 0.2) is 0 Å². The molecule has 0 radical (unpaired) electrons. The van der Waals surface area contributed by atoms with Crippen molar-refractivity contribution in [1.29, 1.82) is 0 Å². The number of hydrogen-bond acceptors (Lipinski definition) is 2. The van der Waals surface area contributed by atoms with Gasteiger partial charge in [0.1, 0.15) is 11.6 Å². The molecule has 0 amide bonds. The first-order chi connectivity index (χ1) is 8.06. The average Bonchev–Trinajstić information content (AvgIpc) is 2.26. The first kappa shape index (κ1) is 11.5. The van der Waals surface area contributed by atoms with E-state index in [1.807, 2.05) is 0 Å². The van der Waals surface area contributed by atoms with E-state index in [-0.39, 0.29) is 11.4 Å². The van der Waals surface area contributed by atoms with Crippen LogP contribution in [0.25, 0.3) is 0 Å². The lowest BCUT2D eigenvalue weighted by molar-refractivity contribution is 0.625. The number of rotatable bonds is 2. The fourth-order valence-corrected chi connectivity index (χ4v) is 1.73. The topological polar surface area (TPSA) is 34.9 Å². The summed E-state index contributed by atoms with van der Waals surface area (Å²) in [4.78, 5) is 16.0. The second-order valence-corrected chi connectivity index (χ2v) is 4.00. The molecule has 0 bridgehead atoms. The maximum absolute atomic E-state index is 12.8. The van der Waals surface area contributed by atoms with Crippen LogP contribution in [-0.4, -0.2) is 9.55 Å². The third kappa shape index (κ3) is 2.58. The van der Waals surface area contributed by atoms with Crippen molar-refractivity contribution in [3.63, 3.8) is 0 Å². The third-order valence-corrected chi connectivity index (χ3v) is 2.58. The van der Waals surface area contributed by atoms with Crippen LogP contribution in [0.4, 0.5) is 4.39 Å². The van der Waals surface area contributed by atoms with Gasteiger partial charge in [0, 0.05) is 11.8 Å². The molecule has 17 heavy (non-hydrogen) atoms. The molecule has 0 saturated carbocycles. The molecular weight excluding hydrogens is 219 g/mol. The summed E-state index contributed by atoms with van der Waals surface area (Å²) in [5, 5.41) is 0. The highest BCUT2D eigenvalue weighted by Gasteiger charge is 2.03. The molecular formula is C13H13FN2O. The van der Waals surface area contributed by atoms with Crippen molar-refractivity contribution in [2.24, 2.45) is 0 Å². The summed E-state index contributed by atoms with van der Waals surface area (Å²) in [5.41, 5.74) is 1.50. The lowest BCUT2D eigenvalue weighted by Gasteiger charge is -2.09. The third-order valence-electron chi connectivity index (χ3n) is 2.58. The molecule has 1 aromatic carbocycles. The summed E-state index contributed by atoms with van der Waals surface area (Å²) >= 11 is 0. The molecule has 2 rings (SSSR count). The summed E-state index contributed by atoms with van der Waals surface area (Å²) in [6.45, 7) is 3.99. The lowest BCUT2D eigenvalue weighted by atomic mass is 10.2. The van der Waals surface area contributed by atoms with Gasteiger partial charge < -0.3 is 0 Å². The molecule has 0 N–H and O–H groups in total. The molecule has 0 atom stereocenters. The van der Waals surface area contributed by atoms with E-state index in [9.17, 15) is 9.18 Å². The minimum absolute atomic E-state index is 0.0840. The van der Waals surface area contributed by atoms with Crippen LogP contribution in [0.15, 0.2) is 35.1 Å². The Labute approximate surface area is 98.6 Å². The molecule has 0 aliphatic rings. The van der Waals surface area contributed by atoms with Gasteiger partial charge in [-0.1, -0.05) is 12.1 Å². The number of halogens is 1. The van der Waals surface area contributed by atoms with E-state index >= 15 is 0 Å². The Bertz CT molecular complexity index is 587. The Hall–Kier alpha value is -1.97. The number of nitrogens with zero attached hydrogens (tertiary/aromatic N) is 2. The van der Waals surface area contributed by atoms with Crippen LogP contribution in [-0.2, 0) is 6.54 Å². The summed E-state index contributed by atoms with van der Waals surface area (Å²) in [6.07, 6.45) is 0. The Kier molecular flexibility index (Phi) is 3.04. The van der Waals surface area contributed by atoms with Crippen LogP contribution in [0.3, 0.4) is 0 Å². The van der Waals surface area contributed by atoms with Crippen LogP contribution >= 0.6 is 0 Å². The van der Waals surface area contributed by atoms with Crippen molar-refractivity contribution in [2.75, 3.05) is 0 Å². The molecule has 0 spiro atoms. The number of hydrogen-bond donors (Lipinski definition) is 0. The summed E-state index contributed by atoms with van der Waals surface area (Å²) in [6, 6.07) is 7.60. The second kappa shape index (κ2) is 4.49. The molecule has 3 nitrogen and oxygen atoms in total. The quantitative estimate of drug-likeness (QED) is 0.794. The van der Waals surface area contributed by atoms with E-state index in [2.05, 4.69) is 4.98 Å². The maximum atomic E-state index is 12.8. The largest absolute Gasteiger partial charge is 0.292 e. The molecule has 4 heteroatoms. The normalized spacial score (nSPS) is 10.5. The first-order valence-electron chi connectivity index (χ1n) is 5.36. The SMILES string of the molecule is Cc1cc(=O)n(Cc2ccc(F)cc2)c(C)n1. The molecule has 0 aliphatic carbocycles. The fraction of sp³-hybridized carbons (Fsp3) is 0.231. The summed E-state index contributed by atoms with van der Waals surface area (Å²) in [5.74, 6) is 0.388. The van der Waals surface area contributed by atoms with Crippen LogP contribution in [0.1, 0.15) is 17.1 Å². The van der Waals surface area contributed by atoms with Gasteiger partial charge in [-0.2, -0.15) is 0 Å². The average molecular weight is 232 g/mol. The molecule has 0 fully saturated rings. The van der Waals surface area contributed by atoms with Crippen molar-refractivity contribution in [1.82, 2.24) is 9.55 Å². The highest BCUT2D eigenvalue weighted by Crippen LogP contribution is 2.05. The lowest BCUT2D eigenvalue weighted by Crippen LogP contribution is -2.24. The monoisotopic (exact) mass is 232 g/mol. The summed E-state index contributed by atoms with van der Waals surface area (Å²) in [7, 11) is 0. The Morgan fingerprint density at radius 3 is 2.47 bits per heavy atom. The smallest absolute Gasteiger partial charge is 0.254 e. The highest BCUT2D eigenvalue weighted by molar-refractivity contribution is 5.17. The molecule has 0 saturated heterocycles. The number of aromatic nitrogens is 2. The van der Waals surface area contributed by atoms with Gasteiger partial charge in [-0.05, 0) is 31.5 Å². The molecule has 1 heterocycles. The van der Waals surface area contributed by atoms with Crippen molar-refractivity contribution >= 4 is 0 Å². The standard InChI is InChI=1S/C13H13FN2O/c1-9-7-13(17)16(10(2)15-9)8-11-3-5-12(14)6-4-11/h3-7H,8H2,1-2H3. The van der Waals surface area contributed by atoms with Gasteiger partial charge in [-0.25, -0.2) is 9.37 Å². The summed E-state index contributed by atoms with van der Waals surface area (Å²) < 4.78 is 14.3. The van der Waals surface area contributed by atoms with E-state index in [1.165, 1.54) is 18.2 Å². The second-order valence-electron chi connectivity index (χ2n) is 4.00. The van der Waals surface area contributed by atoms with Gasteiger partial charge in [-0.15, -0.1) is 0 Å². The van der Waals surface area contributed by atoms with Crippen LogP contribution < -0.4 is 5.56 Å². The zero-order valence-corrected chi connectivity index (χ0v) is 9.77. The molecule has 2 aromatic rings. The van der Waals surface area contributed by atoms with Gasteiger partial charge in [-0.3, -0.25) is 9.36 Å². The van der Waals surface area contributed by atoms with Gasteiger partial charge in [0.2, 0.25) is 0 Å². The Morgan fingerprint density at radius 2 is 1.88 bits per heavy atom. The molecule has 0 aliphatic heterocycles. The predicted molar refractivity (Wildman–Crippen MR) is 63.5 cm³/mol. The molecule has 1 aromatic heterocycles. The highest BCUT2D eigenvalue weighted by atomic mass is 19.1. The minimum Gasteiger partial charge on any atom is -0.292 e. The number of benzene rings is 1. The zero-order chi connectivity index (χ0) is 12.4. The minimum atomic E-state index is -0.278. The molecule has 0 unspecified atom stereocenters. The number of aryl methyl sites for hydroxylation is 2. The van der Waals surface area contributed by atoms with Crippen molar-refractivity contribution in [3.8, 4) is 0 Å². The Balaban J connectivity index is 2.36. The Morgan fingerprint density at radius 1 is 1.24 bits per heavy atom. The van der Waals surface area contributed by atoms with E-state index < -0.39 is 0 Å². The fourth-order valence-electron chi connectivity index (χ4n) is 1.73. The maximum Gasteiger partial charge on any atom is 0.254 e. The van der Waals surface area contributed by atoms with Crippen molar-refractivity contribution in [3.05, 3.63) is 63.6 Å². The zero-order valence-electron chi connectivity index (χ0n) is 9.77. The predicted octanol–water partition coefficient (Wildman–Crippen LogP) is 2.05. The van der Waals surface area contributed by atoms with Crippen LogP contribution in [0.5, 0.6) is 0 Å². The van der Waals surface area contributed by atoms with Gasteiger partial charge in [0.05, 0.1) is 6.54 Å². The van der Waals surface area contributed by atoms with Crippen LogP contribution in [0, 0.1) is 19.7 Å². The van der Waals surface area contributed by atoms with E-state index in [1.54, 1.807) is 30.5 Å². The van der Waals surface area contributed by atoms with Crippen LogP contribution in [0.2, 0.25) is 0 Å². The van der Waals surface area contributed by atoms with Gasteiger partial charge in [0.25, 0.3) is 5.56 Å². The van der Waals surface area contributed by atoms with Crippen molar-refractivity contribution in [2.45, 2.75) is 20.4 Å². The van der Waals surface area contributed by atoms with E-state index in [0.717, 1.165) is 5.56 Å². The van der Waals surface area contributed by atoms with E-state index in [0.29, 0.717) is 18.1 Å². The first-order valence-corrected chi connectivity index (χ1v) is 5.36. The van der Waals surface area contributed by atoms with E-state index in [4.69, 9.17) is 0 Å². The molecule has 88 valence electrons. The van der Waals surface area contributed by atoms with Gasteiger partial charge >= 0.3 is 0 Å². The van der Waals surface area contributed by atoms with Crippen molar-refractivity contribution < 1.29 is 4.39 Å².